The van der Waals surface area contributed by atoms with Gasteiger partial charge in [0.05, 0.1) is 12.2 Å². The van der Waals surface area contributed by atoms with Crippen molar-refractivity contribution in [2.75, 3.05) is 11.9 Å². The zero-order valence-corrected chi connectivity index (χ0v) is 15.9. The molecule has 2 heterocycles. The van der Waals surface area contributed by atoms with E-state index in [9.17, 15) is 9.59 Å². The first-order chi connectivity index (χ1) is 13.5. The summed E-state index contributed by atoms with van der Waals surface area (Å²) < 4.78 is 13.1. The summed E-state index contributed by atoms with van der Waals surface area (Å²) in [6, 6.07) is 8.76. The minimum Gasteiger partial charge on any atom is -0.363 e. The lowest BCUT2D eigenvalue weighted by Crippen LogP contribution is -2.29. The second kappa shape index (κ2) is 8.83. The van der Waals surface area contributed by atoms with Crippen LogP contribution in [0.1, 0.15) is 41.9 Å². The molecule has 1 saturated heterocycles. The number of benzene rings is 1. The van der Waals surface area contributed by atoms with E-state index in [0.29, 0.717) is 17.5 Å². The Bertz CT molecular complexity index is 933. The van der Waals surface area contributed by atoms with Crippen LogP contribution in [0.25, 0.3) is 0 Å². The van der Waals surface area contributed by atoms with Crippen molar-refractivity contribution >= 4 is 11.7 Å². The van der Waals surface area contributed by atoms with Crippen molar-refractivity contribution < 1.29 is 14.3 Å². The molecule has 0 spiro atoms. The summed E-state index contributed by atoms with van der Waals surface area (Å²) in [6.07, 6.45) is 7.39. The van der Waals surface area contributed by atoms with Gasteiger partial charge in [-0.05, 0) is 25.5 Å². The molecule has 1 aliphatic heterocycles. The second-order valence-corrected chi connectivity index (χ2v) is 6.61. The first kappa shape index (κ1) is 19.8. The lowest BCUT2D eigenvalue weighted by molar-refractivity contribution is -0.0348. The zero-order valence-electron chi connectivity index (χ0n) is 15.9. The highest BCUT2D eigenvalue weighted by Crippen LogP contribution is 2.31. The molecular formula is C21H23N3O4. The minimum absolute atomic E-state index is 0.136. The van der Waals surface area contributed by atoms with E-state index in [0.717, 1.165) is 6.42 Å². The summed E-state index contributed by atoms with van der Waals surface area (Å²) >= 11 is 0. The molecule has 28 heavy (non-hydrogen) atoms. The van der Waals surface area contributed by atoms with Crippen LogP contribution in [0.2, 0.25) is 0 Å². The first-order valence-corrected chi connectivity index (χ1v) is 9.20. The Morgan fingerprint density at radius 1 is 1.43 bits per heavy atom. The number of hydrogen-bond acceptors (Lipinski definition) is 5. The topological polar surface area (TPSA) is 82.5 Å². The van der Waals surface area contributed by atoms with Crippen LogP contribution in [-0.2, 0) is 9.47 Å². The number of carbonyl (C=O) groups excluding carboxylic acids is 1. The van der Waals surface area contributed by atoms with E-state index >= 15 is 0 Å². The van der Waals surface area contributed by atoms with Crippen LogP contribution < -0.4 is 11.0 Å². The number of terminal acetylenes is 1. The van der Waals surface area contributed by atoms with Gasteiger partial charge in [0.25, 0.3) is 5.91 Å². The number of rotatable bonds is 6. The van der Waals surface area contributed by atoms with E-state index < -0.39 is 11.9 Å². The quantitative estimate of drug-likeness (QED) is 0.778. The molecule has 1 amide bonds. The second-order valence-electron chi connectivity index (χ2n) is 6.61. The van der Waals surface area contributed by atoms with Crippen molar-refractivity contribution in [3.05, 3.63) is 58.1 Å². The SMILES string of the molecule is C#CCOC1C[C@H](n2cc(C)c(NC(=O)c3ccccc3)nc2=O)O[C@@H]1CC. The fraction of sp³-hybridized carbons (Fsp3) is 0.381. The van der Waals surface area contributed by atoms with Crippen LogP contribution in [0.5, 0.6) is 0 Å². The average Bonchev–Trinajstić information content (AvgIpc) is 3.12. The molecule has 2 aromatic rings. The normalized spacial score (nSPS) is 21.2. The van der Waals surface area contributed by atoms with Crippen molar-refractivity contribution in [2.45, 2.75) is 45.1 Å². The van der Waals surface area contributed by atoms with Gasteiger partial charge in [-0.15, -0.1) is 6.42 Å². The Morgan fingerprint density at radius 2 is 2.18 bits per heavy atom. The van der Waals surface area contributed by atoms with Crippen molar-refractivity contribution in [2.24, 2.45) is 0 Å². The van der Waals surface area contributed by atoms with Gasteiger partial charge in [0.15, 0.2) is 0 Å². The molecule has 0 saturated carbocycles. The molecule has 1 N–H and O–H groups in total. The Balaban J connectivity index is 1.78. The molecule has 3 rings (SSSR count). The van der Waals surface area contributed by atoms with Crippen LogP contribution in [-0.4, -0.2) is 34.3 Å². The number of nitrogens with one attached hydrogen (secondary N) is 1. The molecule has 1 aromatic heterocycles. The van der Waals surface area contributed by atoms with Crippen LogP contribution in [0.4, 0.5) is 5.82 Å². The van der Waals surface area contributed by atoms with Gasteiger partial charge in [-0.25, -0.2) is 4.79 Å². The Kier molecular flexibility index (Phi) is 6.24. The summed E-state index contributed by atoms with van der Waals surface area (Å²) in [5, 5.41) is 2.69. The van der Waals surface area contributed by atoms with E-state index in [1.54, 1.807) is 37.4 Å². The number of ether oxygens (including phenoxy) is 2. The fourth-order valence-corrected chi connectivity index (χ4v) is 3.23. The highest BCUT2D eigenvalue weighted by atomic mass is 16.6. The first-order valence-electron chi connectivity index (χ1n) is 9.20. The average molecular weight is 381 g/mol. The third-order valence-electron chi connectivity index (χ3n) is 4.68. The van der Waals surface area contributed by atoms with Crippen LogP contribution >= 0.6 is 0 Å². The number of carbonyl (C=O) groups is 1. The molecule has 0 bridgehead atoms. The molecule has 7 heteroatoms. The fourth-order valence-electron chi connectivity index (χ4n) is 3.23. The van der Waals surface area contributed by atoms with Gasteiger partial charge in [0.1, 0.15) is 18.7 Å². The number of aromatic nitrogens is 2. The van der Waals surface area contributed by atoms with Gasteiger partial charge >= 0.3 is 5.69 Å². The molecule has 1 fully saturated rings. The van der Waals surface area contributed by atoms with Crippen molar-refractivity contribution in [1.82, 2.24) is 9.55 Å². The largest absolute Gasteiger partial charge is 0.363 e. The number of anilines is 1. The Morgan fingerprint density at radius 3 is 2.86 bits per heavy atom. The number of hydrogen-bond donors (Lipinski definition) is 1. The maximum Gasteiger partial charge on any atom is 0.351 e. The van der Waals surface area contributed by atoms with Gasteiger partial charge in [-0.2, -0.15) is 4.98 Å². The Labute approximate surface area is 163 Å². The summed E-state index contributed by atoms with van der Waals surface area (Å²) in [5.41, 5.74) is 0.659. The smallest absolute Gasteiger partial charge is 0.351 e. The van der Waals surface area contributed by atoms with Crippen LogP contribution in [0, 0.1) is 19.3 Å². The highest BCUT2D eigenvalue weighted by Gasteiger charge is 2.36. The third kappa shape index (κ3) is 4.30. The minimum atomic E-state index is -0.494. The van der Waals surface area contributed by atoms with Crippen molar-refractivity contribution in [3.8, 4) is 12.3 Å². The lowest BCUT2D eigenvalue weighted by Gasteiger charge is -2.17. The van der Waals surface area contributed by atoms with E-state index in [4.69, 9.17) is 15.9 Å². The summed E-state index contributed by atoms with van der Waals surface area (Å²) in [4.78, 5) is 28.9. The number of aryl methyl sites for hydroxylation is 1. The molecule has 0 aliphatic carbocycles. The molecule has 1 aromatic carbocycles. The summed E-state index contributed by atoms with van der Waals surface area (Å²) in [6.45, 7) is 3.98. The predicted octanol–water partition coefficient (Wildman–Crippen LogP) is 2.52. The van der Waals surface area contributed by atoms with Gasteiger partial charge < -0.3 is 14.8 Å². The standard InChI is InChI=1S/C21H23N3O4/c1-4-11-27-17-12-18(28-16(17)5-2)24-13-14(3)19(23-21(24)26)22-20(25)15-9-7-6-8-10-15/h1,6-10,13,16-18H,5,11-12H2,2-3H3,(H,22,23,25,26)/t16-,17?,18-/m1/s1. The summed E-state index contributed by atoms with van der Waals surface area (Å²) in [5.74, 6) is 2.37. The maximum absolute atomic E-state index is 12.6. The van der Waals surface area contributed by atoms with E-state index in [1.165, 1.54) is 4.57 Å². The lowest BCUT2D eigenvalue weighted by atomic mass is 10.1. The van der Waals surface area contributed by atoms with Gasteiger partial charge in [0, 0.05) is 23.7 Å². The third-order valence-corrected chi connectivity index (χ3v) is 4.68. The highest BCUT2D eigenvalue weighted by molar-refractivity contribution is 6.03. The van der Waals surface area contributed by atoms with E-state index in [-0.39, 0.29) is 30.5 Å². The molecule has 146 valence electrons. The number of amides is 1. The Hall–Kier alpha value is -2.95. The van der Waals surface area contributed by atoms with Crippen LogP contribution in [0.15, 0.2) is 41.3 Å². The predicted molar refractivity (Wildman–Crippen MR) is 105 cm³/mol. The van der Waals surface area contributed by atoms with Crippen LogP contribution in [0.3, 0.4) is 0 Å². The van der Waals surface area contributed by atoms with Crippen molar-refractivity contribution in [1.29, 1.82) is 0 Å². The molecular weight excluding hydrogens is 358 g/mol. The summed E-state index contributed by atoms with van der Waals surface area (Å²) in [7, 11) is 0. The van der Waals surface area contributed by atoms with E-state index in [1.807, 2.05) is 13.0 Å². The van der Waals surface area contributed by atoms with Crippen molar-refractivity contribution in [3.63, 3.8) is 0 Å². The maximum atomic E-state index is 12.6. The molecule has 3 atom stereocenters. The monoisotopic (exact) mass is 381 g/mol. The molecule has 1 unspecified atom stereocenters. The molecule has 0 radical (unpaired) electrons. The molecule has 7 nitrogen and oxygen atoms in total. The van der Waals surface area contributed by atoms with E-state index in [2.05, 4.69) is 16.2 Å². The number of nitrogens with zero attached hydrogens (tertiary/aromatic N) is 2. The zero-order chi connectivity index (χ0) is 20.1. The molecule has 1 aliphatic rings. The van der Waals surface area contributed by atoms with Gasteiger partial charge in [-0.1, -0.05) is 31.0 Å². The van der Waals surface area contributed by atoms with Gasteiger partial charge in [-0.3, -0.25) is 9.36 Å². The van der Waals surface area contributed by atoms with Gasteiger partial charge in [0.2, 0.25) is 0 Å².